The minimum atomic E-state index is -1.36. The van der Waals surface area contributed by atoms with Gasteiger partial charge in [0, 0.05) is 32.3 Å². The van der Waals surface area contributed by atoms with Crippen LogP contribution in [0.25, 0.3) is 10.9 Å². The number of aliphatic hydroxyl groups is 1. The van der Waals surface area contributed by atoms with Crippen LogP contribution in [0.15, 0.2) is 17.1 Å². The fourth-order valence-electron chi connectivity index (χ4n) is 3.85. The first-order valence-corrected chi connectivity index (χ1v) is 8.72. The Morgan fingerprint density at radius 3 is 2.81 bits per heavy atom. The normalized spacial score (nSPS) is 20.1. The fourth-order valence-corrected chi connectivity index (χ4v) is 3.85. The molecule has 2 aliphatic heterocycles. The minimum absolute atomic E-state index is 0.0233. The third kappa shape index (κ3) is 2.61. The molecular formula is C18H20FN3O5. The van der Waals surface area contributed by atoms with Gasteiger partial charge >= 0.3 is 5.97 Å². The van der Waals surface area contributed by atoms with Crippen LogP contribution < -0.4 is 20.1 Å². The van der Waals surface area contributed by atoms with E-state index in [-0.39, 0.29) is 29.5 Å². The molecule has 1 aromatic carbocycles. The number of halogens is 1. The summed E-state index contributed by atoms with van der Waals surface area (Å²) in [6.45, 7) is 2.82. The van der Waals surface area contributed by atoms with Crippen molar-refractivity contribution >= 4 is 22.6 Å². The number of rotatable bonds is 3. The Hall–Kier alpha value is -2.81. The topological polar surface area (TPSA) is 95.2 Å². The number of carboxylic acid groups (broad SMARTS) is 1. The Morgan fingerprint density at radius 1 is 1.44 bits per heavy atom. The predicted octanol–water partition coefficient (Wildman–Crippen LogP) is 0.964. The second-order valence-electron chi connectivity index (χ2n) is 7.12. The number of benzene rings is 1. The molecule has 9 heteroatoms. The first-order valence-electron chi connectivity index (χ1n) is 8.72. The highest BCUT2D eigenvalue weighted by Gasteiger charge is 2.33. The number of aromatic nitrogens is 1. The van der Waals surface area contributed by atoms with Crippen LogP contribution in [-0.2, 0) is 0 Å². The lowest BCUT2D eigenvalue weighted by Crippen LogP contribution is -2.40. The van der Waals surface area contributed by atoms with E-state index in [0.717, 1.165) is 12.5 Å². The predicted molar refractivity (Wildman–Crippen MR) is 96.8 cm³/mol. The number of carboxylic acids is 1. The number of anilines is 1. The maximum absolute atomic E-state index is 15.0. The largest absolute Gasteiger partial charge is 0.477 e. The maximum atomic E-state index is 15.0. The lowest BCUT2D eigenvalue weighted by molar-refractivity contribution is 0.0694. The van der Waals surface area contributed by atoms with Crippen molar-refractivity contribution in [2.24, 2.45) is 5.92 Å². The van der Waals surface area contributed by atoms with Crippen molar-refractivity contribution in [2.45, 2.75) is 19.4 Å². The summed E-state index contributed by atoms with van der Waals surface area (Å²) in [7, 11) is 1.68. The molecule has 3 heterocycles. The summed E-state index contributed by atoms with van der Waals surface area (Å²) in [6, 6.07) is 1.08. The standard InChI is InChI=1S/C18H20FN3O5/c1-9(23)10-3-4-21(6-10)15-13(19)5-11-14-17(15)27-8-20(2)22(14)7-12(16(11)24)18(25)26/h5,7,9-10,23H,3-4,6,8H2,1-2H3,(H,25,26). The first kappa shape index (κ1) is 17.6. The van der Waals surface area contributed by atoms with Crippen LogP contribution in [0.4, 0.5) is 10.1 Å². The summed E-state index contributed by atoms with van der Waals surface area (Å²) < 4.78 is 22.3. The lowest BCUT2D eigenvalue weighted by atomic mass is 10.0. The van der Waals surface area contributed by atoms with Crippen LogP contribution in [0.2, 0.25) is 0 Å². The molecule has 0 aliphatic carbocycles. The van der Waals surface area contributed by atoms with Gasteiger partial charge in [-0.3, -0.25) is 14.5 Å². The highest BCUT2D eigenvalue weighted by Crippen LogP contribution is 2.41. The molecule has 0 radical (unpaired) electrons. The Bertz CT molecular complexity index is 1000. The van der Waals surface area contributed by atoms with E-state index in [1.165, 1.54) is 10.9 Å². The number of carbonyl (C=O) groups is 1. The Kier molecular flexibility index (Phi) is 3.99. The molecular weight excluding hydrogens is 357 g/mol. The molecule has 0 bridgehead atoms. The molecule has 2 aromatic rings. The summed E-state index contributed by atoms with van der Waals surface area (Å²) in [5.74, 6) is -1.76. The summed E-state index contributed by atoms with van der Waals surface area (Å²) in [5.41, 5.74) is -0.585. The van der Waals surface area contributed by atoms with Gasteiger partial charge in [-0.2, -0.15) is 0 Å². The van der Waals surface area contributed by atoms with E-state index < -0.39 is 28.9 Å². The highest BCUT2D eigenvalue weighted by molar-refractivity contribution is 5.97. The van der Waals surface area contributed by atoms with Crippen molar-refractivity contribution in [3.63, 3.8) is 0 Å². The van der Waals surface area contributed by atoms with Gasteiger partial charge in [0.25, 0.3) is 0 Å². The maximum Gasteiger partial charge on any atom is 0.341 e. The number of nitrogens with zero attached hydrogens (tertiary/aromatic N) is 3. The molecule has 2 N–H and O–H groups in total. The summed E-state index contributed by atoms with van der Waals surface area (Å²) in [6.07, 6.45) is 1.46. The van der Waals surface area contributed by atoms with E-state index in [4.69, 9.17) is 4.74 Å². The van der Waals surface area contributed by atoms with Crippen molar-refractivity contribution in [2.75, 3.05) is 36.8 Å². The number of ether oxygens (including phenoxy) is 1. The lowest BCUT2D eigenvalue weighted by Gasteiger charge is -2.33. The molecule has 2 atom stereocenters. The van der Waals surface area contributed by atoms with E-state index >= 15 is 4.39 Å². The average Bonchev–Trinajstić information content (AvgIpc) is 3.09. The molecule has 8 nitrogen and oxygen atoms in total. The highest BCUT2D eigenvalue weighted by atomic mass is 19.1. The number of hydrogen-bond donors (Lipinski definition) is 2. The van der Waals surface area contributed by atoms with Crippen LogP contribution in [0.5, 0.6) is 5.75 Å². The van der Waals surface area contributed by atoms with Crippen LogP contribution >= 0.6 is 0 Å². The third-order valence-electron chi connectivity index (χ3n) is 5.37. The van der Waals surface area contributed by atoms with Gasteiger partial charge in [-0.25, -0.2) is 9.18 Å². The average molecular weight is 377 g/mol. The molecule has 1 saturated heterocycles. The van der Waals surface area contributed by atoms with Crippen molar-refractivity contribution < 1.29 is 24.1 Å². The Morgan fingerprint density at radius 2 is 2.19 bits per heavy atom. The molecule has 0 spiro atoms. The second-order valence-corrected chi connectivity index (χ2v) is 7.12. The van der Waals surface area contributed by atoms with Crippen molar-refractivity contribution in [3.05, 3.63) is 33.9 Å². The van der Waals surface area contributed by atoms with Gasteiger partial charge in [-0.05, 0) is 19.4 Å². The van der Waals surface area contributed by atoms with Gasteiger partial charge in [0.05, 0.1) is 11.5 Å². The molecule has 1 fully saturated rings. The van der Waals surface area contributed by atoms with E-state index in [2.05, 4.69) is 0 Å². The molecule has 0 amide bonds. The quantitative estimate of drug-likeness (QED) is 0.823. The van der Waals surface area contributed by atoms with E-state index in [1.54, 1.807) is 19.0 Å². The molecule has 144 valence electrons. The minimum Gasteiger partial charge on any atom is -0.477 e. The summed E-state index contributed by atoms with van der Waals surface area (Å²) >= 11 is 0. The second kappa shape index (κ2) is 6.12. The Labute approximate surface area is 153 Å². The molecule has 0 saturated carbocycles. The molecule has 4 rings (SSSR count). The zero-order valence-corrected chi connectivity index (χ0v) is 15.0. The zero-order chi connectivity index (χ0) is 19.5. The van der Waals surface area contributed by atoms with Gasteiger partial charge in [-0.15, -0.1) is 0 Å². The number of aromatic carboxylic acids is 1. The third-order valence-corrected chi connectivity index (χ3v) is 5.37. The van der Waals surface area contributed by atoms with Gasteiger partial charge in [0.2, 0.25) is 5.43 Å². The number of pyridine rings is 1. The number of hydrogen-bond acceptors (Lipinski definition) is 6. The summed E-state index contributed by atoms with van der Waals surface area (Å²) in [4.78, 5) is 25.8. The smallest absolute Gasteiger partial charge is 0.341 e. The van der Waals surface area contributed by atoms with Crippen molar-refractivity contribution in [1.29, 1.82) is 0 Å². The fraction of sp³-hybridized carbons (Fsp3) is 0.444. The zero-order valence-electron chi connectivity index (χ0n) is 15.0. The van der Waals surface area contributed by atoms with Crippen LogP contribution in [0, 0.1) is 11.7 Å². The van der Waals surface area contributed by atoms with E-state index in [0.29, 0.717) is 18.6 Å². The number of aliphatic hydroxyl groups excluding tert-OH is 1. The van der Waals surface area contributed by atoms with Crippen LogP contribution in [-0.4, -0.2) is 53.8 Å². The summed E-state index contributed by atoms with van der Waals surface area (Å²) in [5, 5.41) is 20.7. The SMILES string of the molecule is CC(O)C1CCN(c2c(F)cc3c(=O)c(C(=O)O)cn4c3c2OCN4C)C1. The first-order chi connectivity index (χ1) is 12.8. The monoisotopic (exact) mass is 377 g/mol. The van der Waals surface area contributed by atoms with E-state index in [1.807, 2.05) is 4.90 Å². The Balaban J connectivity index is 1.97. The van der Waals surface area contributed by atoms with Crippen molar-refractivity contribution in [1.82, 2.24) is 4.68 Å². The van der Waals surface area contributed by atoms with Gasteiger partial charge in [-0.1, -0.05) is 0 Å². The van der Waals surface area contributed by atoms with Crippen molar-refractivity contribution in [3.8, 4) is 5.75 Å². The van der Waals surface area contributed by atoms with Gasteiger partial charge in [0.1, 0.15) is 16.8 Å². The molecule has 2 aliphatic rings. The molecule has 2 unspecified atom stereocenters. The van der Waals surface area contributed by atoms with Crippen LogP contribution in [0.1, 0.15) is 23.7 Å². The van der Waals surface area contributed by atoms with Crippen LogP contribution in [0.3, 0.4) is 0 Å². The van der Waals surface area contributed by atoms with Gasteiger partial charge < -0.3 is 19.8 Å². The van der Waals surface area contributed by atoms with E-state index in [9.17, 15) is 19.8 Å². The molecule has 27 heavy (non-hydrogen) atoms. The van der Waals surface area contributed by atoms with Gasteiger partial charge in [0.15, 0.2) is 18.3 Å². The molecule has 1 aromatic heterocycles.